The number of hydrogen-bond acceptors (Lipinski definition) is 3. The third-order valence-corrected chi connectivity index (χ3v) is 4.32. The normalized spacial score (nSPS) is 31.7. The Morgan fingerprint density at radius 2 is 2.00 bits per heavy atom. The van der Waals surface area contributed by atoms with Gasteiger partial charge in [0.2, 0.25) is 0 Å². The molecule has 1 aliphatic rings. The highest BCUT2D eigenvalue weighted by atomic mass is 32.2. The van der Waals surface area contributed by atoms with E-state index in [0.717, 1.165) is 6.42 Å². The summed E-state index contributed by atoms with van der Waals surface area (Å²) in [5, 5.41) is 9.82. The first-order valence-electron chi connectivity index (χ1n) is 5.23. The van der Waals surface area contributed by atoms with Crippen LogP contribution in [0.25, 0.3) is 0 Å². The first-order valence-corrected chi connectivity index (χ1v) is 6.17. The molecule has 0 amide bonds. The summed E-state index contributed by atoms with van der Waals surface area (Å²) in [6.07, 6.45) is 1.06. The molecule has 2 unspecified atom stereocenters. The molecule has 0 spiro atoms. The van der Waals surface area contributed by atoms with Gasteiger partial charge in [-0.1, -0.05) is 6.92 Å². The van der Waals surface area contributed by atoms with Crippen molar-refractivity contribution in [2.75, 3.05) is 6.61 Å². The van der Waals surface area contributed by atoms with Crippen LogP contribution in [-0.4, -0.2) is 33.4 Å². The van der Waals surface area contributed by atoms with Gasteiger partial charge in [-0.3, -0.25) is 0 Å². The molecule has 0 saturated carbocycles. The van der Waals surface area contributed by atoms with Gasteiger partial charge in [-0.25, -0.2) is 0 Å². The summed E-state index contributed by atoms with van der Waals surface area (Å²) < 4.78 is 5.99. The highest BCUT2D eigenvalue weighted by Gasteiger charge is 2.46. The lowest BCUT2D eigenvalue weighted by Gasteiger charge is -2.28. The van der Waals surface area contributed by atoms with Crippen LogP contribution < -0.4 is 0 Å². The molecule has 0 aliphatic carbocycles. The highest BCUT2D eigenvalue weighted by Crippen LogP contribution is 2.44. The van der Waals surface area contributed by atoms with Crippen LogP contribution in [0.2, 0.25) is 0 Å². The van der Waals surface area contributed by atoms with Crippen molar-refractivity contribution in [1.29, 1.82) is 0 Å². The quantitative estimate of drug-likeness (QED) is 0.789. The van der Waals surface area contributed by atoms with Gasteiger partial charge in [0, 0.05) is 10.5 Å². The average Bonchev–Trinajstić information content (AvgIpc) is 2.19. The maximum absolute atomic E-state index is 9.03. The largest absolute Gasteiger partial charge is 0.395 e. The van der Waals surface area contributed by atoms with E-state index in [1.54, 1.807) is 0 Å². The number of aliphatic hydroxyl groups is 1. The molecule has 1 saturated heterocycles. The molecule has 1 aliphatic heterocycles. The van der Waals surface area contributed by atoms with Crippen LogP contribution in [0.5, 0.6) is 0 Å². The van der Waals surface area contributed by atoms with Crippen molar-refractivity contribution < 1.29 is 9.84 Å². The minimum Gasteiger partial charge on any atom is -0.395 e. The van der Waals surface area contributed by atoms with Crippen molar-refractivity contribution in [3.05, 3.63) is 0 Å². The van der Waals surface area contributed by atoms with Gasteiger partial charge in [0.1, 0.15) is 0 Å². The van der Waals surface area contributed by atoms with Crippen LogP contribution in [0.3, 0.4) is 0 Å². The minimum atomic E-state index is -0.0718. The summed E-state index contributed by atoms with van der Waals surface area (Å²) in [7, 11) is 0. The van der Waals surface area contributed by atoms with E-state index in [1.807, 2.05) is 11.8 Å². The molecule has 0 aromatic carbocycles. The van der Waals surface area contributed by atoms with E-state index < -0.39 is 0 Å². The number of aliphatic hydroxyl groups excluding tert-OH is 1. The number of rotatable bonds is 3. The third kappa shape index (κ3) is 2.88. The second kappa shape index (κ2) is 4.03. The smallest absolute Gasteiger partial charge is 0.0753 e. The van der Waals surface area contributed by atoms with Crippen molar-refractivity contribution in [2.24, 2.45) is 0 Å². The summed E-state index contributed by atoms with van der Waals surface area (Å²) in [5.41, 5.74) is -0.0893. The van der Waals surface area contributed by atoms with E-state index in [4.69, 9.17) is 9.84 Å². The monoisotopic (exact) mass is 218 g/mol. The molecule has 2 atom stereocenters. The van der Waals surface area contributed by atoms with Crippen molar-refractivity contribution >= 4 is 11.8 Å². The highest BCUT2D eigenvalue weighted by molar-refractivity contribution is 8.00. The molecule has 2 nitrogen and oxygen atoms in total. The predicted molar refractivity (Wildman–Crippen MR) is 61.8 cm³/mol. The molecule has 1 fully saturated rings. The maximum Gasteiger partial charge on any atom is 0.0753 e. The van der Waals surface area contributed by atoms with Crippen molar-refractivity contribution in [2.45, 2.75) is 62.7 Å². The summed E-state index contributed by atoms with van der Waals surface area (Å²) in [5.74, 6) is 0. The Labute approximate surface area is 91.4 Å². The van der Waals surface area contributed by atoms with Crippen LogP contribution in [-0.2, 0) is 4.74 Å². The van der Waals surface area contributed by atoms with Gasteiger partial charge in [0.05, 0.1) is 17.8 Å². The third-order valence-electron chi connectivity index (χ3n) is 2.65. The van der Waals surface area contributed by atoms with Gasteiger partial charge in [0.25, 0.3) is 0 Å². The van der Waals surface area contributed by atoms with Gasteiger partial charge in [-0.05, 0) is 34.1 Å². The lowest BCUT2D eigenvalue weighted by molar-refractivity contribution is -0.0632. The molecule has 0 aromatic heterocycles. The molecular formula is C11H22O2S. The Morgan fingerprint density at radius 3 is 2.36 bits per heavy atom. The molecular weight excluding hydrogens is 196 g/mol. The standard InChI is InChI=1S/C11H22O2S/c1-8(7-12)14-9-6-10(2,3)13-11(9,4)5/h8-9,12H,6-7H2,1-5H3. The molecule has 1 N–H and O–H groups in total. The lowest BCUT2D eigenvalue weighted by Crippen LogP contribution is -2.32. The van der Waals surface area contributed by atoms with E-state index in [-0.39, 0.29) is 17.8 Å². The van der Waals surface area contributed by atoms with E-state index in [9.17, 15) is 0 Å². The Kier molecular flexibility index (Phi) is 3.55. The van der Waals surface area contributed by atoms with Crippen LogP contribution in [0.4, 0.5) is 0 Å². The van der Waals surface area contributed by atoms with Gasteiger partial charge >= 0.3 is 0 Å². The Hall–Kier alpha value is 0.270. The average molecular weight is 218 g/mol. The van der Waals surface area contributed by atoms with Crippen molar-refractivity contribution in [3.63, 3.8) is 0 Å². The fourth-order valence-electron chi connectivity index (χ4n) is 2.05. The Balaban J connectivity index is 2.61. The molecule has 0 aromatic rings. The lowest BCUT2D eigenvalue weighted by atomic mass is 10.0. The van der Waals surface area contributed by atoms with Gasteiger partial charge in [-0.2, -0.15) is 0 Å². The van der Waals surface area contributed by atoms with Crippen molar-refractivity contribution in [1.82, 2.24) is 0 Å². The first-order chi connectivity index (χ1) is 6.27. The molecule has 84 valence electrons. The first kappa shape index (κ1) is 12.3. The second-order valence-corrected chi connectivity index (χ2v) is 6.93. The zero-order chi connectivity index (χ0) is 11.0. The topological polar surface area (TPSA) is 29.5 Å². The molecule has 0 bridgehead atoms. The Morgan fingerprint density at radius 1 is 1.43 bits per heavy atom. The number of ether oxygens (including phenoxy) is 1. The zero-order valence-corrected chi connectivity index (χ0v) is 10.6. The maximum atomic E-state index is 9.03. The summed E-state index contributed by atoms with van der Waals surface area (Å²) in [6, 6.07) is 0. The van der Waals surface area contributed by atoms with Gasteiger partial charge in [0.15, 0.2) is 0 Å². The van der Waals surface area contributed by atoms with E-state index in [1.165, 1.54) is 0 Å². The van der Waals surface area contributed by atoms with Crippen LogP contribution in [0, 0.1) is 0 Å². The summed E-state index contributed by atoms with van der Waals surface area (Å²) in [4.78, 5) is 0. The minimum absolute atomic E-state index is 0.0175. The van der Waals surface area contributed by atoms with Crippen LogP contribution in [0.1, 0.15) is 41.0 Å². The number of thioether (sulfide) groups is 1. The van der Waals surface area contributed by atoms with Crippen molar-refractivity contribution in [3.8, 4) is 0 Å². The molecule has 0 radical (unpaired) electrons. The molecule has 14 heavy (non-hydrogen) atoms. The predicted octanol–water partition coefficient (Wildman–Crippen LogP) is 2.45. The summed E-state index contributed by atoms with van der Waals surface area (Å²) in [6.45, 7) is 10.9. The van der Waals surface area contributed by atoms with E-state index >= 15 is 0 Å². The molecule has 1 rings (SSSR count). The van der Waals surface area contributed by atoms with E-state index in [0.29, 0.717) is 10.5 Å². The fraction of sp³-hybridized carbons (Fsp3) is 1.00. The van der Waals surface area contributed by atoms with Crippen LogP contribution in [0.15, 0.2) is 0 Å². The Bertz CT molecular complexity index is 201. The van der Waals surface area contributed by atoms with Crippen LogP contribution >= 0.6 is 11.8 Å². The van der Waals surface area contributed by atoms with E-state index in [2.05, 4.69) is 34.6 Å². The fourth-order valence-corrected chi connectivity index (χ4v) is 3.57. The second-order valence-electron chi connectivity index (χ2n) is 5.29. The molecule has 1 heterocycles. The van der Waals surface area contributed by atoms with Gasteiger partial charge < -0.3 is 9.84 Å². The van der Waals surface area contributed by atoms with Gasteiger partial charge in [-0.15, -0.1) is 11.8 Å². The zero-order valence-electron chi connectivity index (χ0n) is 9.83. The summed E-state index contributed by atoms with van der Waals surface area (Å²) >= 11 is 1.84. The molecule has 3 heteroatoms. The SMILES string of the molecule is CC(CO)SC1CC(C)(C)OC1(C)C. The number of hydrogen-bond donors (Lipinski definition) is 1.